The van der Waals surface area contributed by atoms with Crippen LogP contribution in [-0.4, -0.2) is 23.3 Å². The van der Waals surface area contributed by atoms with Crippen LogP contribution in [0.15, 0.2) is 22.7 Å². The normalized spacial score (nSPS) is 12.2. The van der Waals surface area contributed by atoms with Gasteiger partial charge in [0.2, 0.25) is 11.7 Å². The zero-order valence-corrected chi connectivity index (χ0v) is 12.6. The van der Waals surface area contributed by atoms with Crippen LogP contribution in [0.3, 0.4) is 0 Å². The Morgan fingerprint density at radius 1 is 1.38 bits per heavy atom. The second-order valence-corrected chi connectivity index (χ2v) is 4.90. The van der Waals surface area contributed by atoms with Crippen LogP contribution in [0, 0.1) is 0 Å². The predicted octanol–water partition coefficient (Wildman–Crippen LogP) is 2.11. The number of aryl methyl sites for hydroxylation is 1. The molecular weight excluding hydrogens is 270 g/mol. The Balaban J connectivity index is 2.10. The molecule has 114 valence electrons. The van der Waals surface area contributed by atoms with E-state index in [1.165, 1.54) is 0 Å². The minimum atomic E-state index is 0.0383. The van der Waals surface area contributed by atoms with Crippen molar-refractivity contribution in [3.63, 3.8) is 0 Å². The molecule has 6 nitrogen and oxygen atoms in total. The molecule has 0 aliphatic heterocycles. The van der Waals surface area contributed by atoms with E-state index in [4.69, 9.17) is 19.7 Å². The molecule has 1 aromatic carbocycles. The van der Waals surface area contributed by atoms with Crippen LogP contribution >= 0.6 is 0 Å². The molecule has 0 amide bonds. The molecule has 2 N–H and O–H groups in total. The van der Waals surface area contributed by atoms with Crippen molar-refractivity contribution in [2.45, 2.75) is 39.3 Å². The van der Waals surface area contributed by atoms with E-state index in [1.54, 1.807) is 7.11 Å². The second-order valence-electron chi connectivity index (χ2n) is 4.90. The van der Waals surface area contributed by atoms with Crippen molar-refractivity contribution in [2.75, 3.05) is 7.11 Å². The largest absolute Gasteiger partial charge is 0.497 e. The Hall–Kier alpha value is -2.08. The van der Waals surface area contributed by atoms with Crippen molar-refractivity contribution in [2.24, 2.45) is 5.73 Å². The van der Waals surface area contributed by atoms with Gasteiger partial charge in [-0.2, -0.15) is 4.98 Å². The smallest absolute Gasteiger partial charge is 0.226 e. The van der Waals surface area contributed by atoms with Gasteiger partial charge in [-0.05, 0) is 37.1 Å². The molecule has 1 unspecified atom stereocenters. The molecule has 0 saturated heterocycles. The number of hydrogen-bond acceptors (Lipinski definition) is 6. The molecule has 1 aromatic heterocycles. The van der Waals surface area contributed by atoms with E-state index in [0.29, 0.717) is 24.6 Å². The maximum atomic E-state index is 5.88. The molecule has 21 heavy (non-hydrogen) atoms. The second kappa shape index (κ2) is 7.08. The van der Waals surface area contributed by atoms with E-state index in [0.717, 1.165) is 17.1 Å². The van der Waals surface area contributed by atoms with Crippen molar-refractivity contribution in [3.8, 4) is 11.5 Å². The summed E-state index contributed by atoms with van der Waals surface area (Å²) in [6.07, 6.45) is 1.42. The third kappa shape index (κ3) is 4.19. The lowest BCUT2D eigenvalue weighted by molar-refractivity contribution is 0.281. The maximum Gasteiger partial charge on any atom is 0.226 e. The first kappa shape index (κ1) is 15.3. The SMILES string of the molecule is CCc1nc(COc2ccc(OC)cc2CC(C)N)no1. The van der Waals surface area contributed by atoms with Crippen LogP contribution in [0.1, 0.15) is 31.1 Å². The molecule has 1 heterocycles. The molecule has 2 aromatic rings. The highest BCUT2D eigenvalue weighted by molar-refractivity contribution is 5.40. The van der Waals surface area contributed by atoms with E-state index < -0.39 is 0 Å². The molecule has 0 bridgehead atoms. The zero-order chi connectivity index (χ0) is 15.2. The first-order valence-electron chi connectivity index (χ1n) is 6.99. The van der Waals surface area contributed by atoms with Gasteiger partial charge in [0.1, 0.15) is 11.5 Å². The monoisotopic (exact) mass is 291 g/mol. The highest BCUT2D eigenvalue weighted by Gasteiger charge is 2.10. The topological polar surface area (TPSA) is 83.4 Å². The fourth-order valence-corrected chi connectivity index (χ4v) is 1.96. The summed E-state index contributed by atoms with van der Waals surface area (Å²) in [4.78, 5) is 4.22. The van der Waals surface area contributed by atoms with Crippen molar-refractivity contribution >= 4 is 0 Å². The molecule has 0 aliphatic carbocycles. The quantitative estimate of drug-likeness (QED) is 0.841. The lowest BCUT2D eigenvalue weighted by atomic mass is 10.1. The van der Waals surface area contributed by atoms with Gasteiger partial charge in [0.15, 0.2) is 6.61 Å². The zero-order valence-electron chi connectivity index (χ0n) is 12.6. The summed E-state index contributed by atoms with van der Waals surface area (Å²) in [6, 6.07) is 5.70. The first-order valence-corrected chi connectivity index (χ1v) is 6.99. The van der Waals surface area contributed by atoms with E-state index >= 15 is 0 Å². The average Bonchev–Trinajstić information content (AvgIpc) is 2.93. The van der Waals surface area contributed by atoms with Gasteiger partial charge in [-0.3, -0.25) is 0 Å². The van der Waals surface area contributed by atoms with E-state index in [2.05, 4.69) is 10.1 Å². The third-order valence-electron chi connectivity index (χ3n) is 2.98. The minimum Gasteiger partial charge on any atom is -0.497 e. The number of ether oxygens (including phenoxy) is 2. The fourth-order valence-electron chi connectivity index (χ4n) is 1.96. The highest BCUT2D eigenvalue weighted by Crippen LogP contribution is 2.26. The number of nitrogens with zero attached hydrogens (tertiary/aromatic N) is 2. The van der Waals surface area contributed by atoms with Gasteiger partial charge in [0, 0.05) is 12.5 Å². The van der Waals surface area contributed by atoms with Crippen LogP contribution in [0.4, 0.5) is 0 Å². The molecule has 0 saturated carbocycles. The molecule has 0 fully saturated rings. The van der Waals surface area contributed by atoms with Gasteiger partial charge in [0.05, 0.1) is 7.11 Å². The summed E-state index contributed by atoms with van der Waals surface area (Å²) in [7, 11) is 1.64. The number of hydrogen-bond donors (Lipinski definition) is 1. The van der Waals surface area contributed by atoms with E-state index in [-0.39, 0.29) is 12.6 Å². The molecule has 1 atom stereocenters. The van der Waals surface area contributed by atoms with Crippen molar-refractivity contribution in [1.82, 2.24) is 10.1 Å². The number of nitrogens with two attached hydrogens (primary N) is 1. The van der Waals surface area contributed by atoms with Gasteiger partial charge in [-0.1, -0.05) is 12.1 Å². The van der Waals surface area contributed by atoms with E-state index in [1.807, 2.05) is 32.0 Å². The highest BCUT2D eigenvalue weighted by atomic mass is 16.5. The summed E-state index contributed by atoms with van der Waals surface area (Å²) >= 11 is 0. The van der Waals surface area contributed by atoms with Crippen LogP contribution < -0.4 is 15.2 Å². The van der Waals surface area contributed by atoms with Gasteiger partial charge >= 0.3 is 0 Å². The molecule has 0 spiro atoms. The molecule has 6 heteroatoms. The standard InChI is InChI=1S/C15H21N3O3/c1-4-15-17-14(18-21-15)9-20-13-6-5-12(19-3)8-11(13)7-10(2)16/h5-6,8,10H,4,7,9,16H2,1-3H3. The van der Waals surface area contributed by atoms with E-state index in [9.17, 15) is 0 Å². The third-order valence-corrected chi connectivity index (χ3v) is 2.98. The maximum absolute atomic E-state index is 5.88. The summed E-state index contributed by atoms with van der Waals surface area (Å²) in [5.74, 6) is 2.69. The lowest BCUT2D eigenvalue weighted by Crippen LogP contribution is -2.18. The van der Waals surface area contributed by atoms with Gasteiger partial charge < -0.3 is 19.7 Å². The Kier molecular flexibility index (Phi) is 5.16. The van der Waals surface area contributed by atoms with Crippen LogP contribution in [0.25, 0.3) is 0 Å². The Morgan fingerprint density at radius 3 is 2.81 bits per heavy atom. The van der Waals surface area contributed by atoms with Gasteiger partial charge in [-0.15, -0.1) is 0 Å². The Morgan fingerprint density at radius 2 is 2.19 bits per heavy atom. The number of methoxy groups -OCH3 is 1. The molecule has 0 radical (unpaired) electrons. The minimum absolute atomic E-state index is 0.0383. The van der Waals surface area contributed by atoms with Crippen molar-refractivity contribution in [3.05, 3.63) is 35.5 Å². The van der Waals surface area contributed by atoms with Gasteiger partial charge in [0.25, 0.3) is 0 Å². The molecule has 0 aliphatic rings. The average molecular weight is 291 g/mol. The van der Waals surface area contributed by atoms with Crippen LogP contribution in [-0.2, 0) is 19.4 Å². The molecular formula is C15H21N3O3. The Labute approximate surface area is 124 Å². The van der Waals surface area contributed by atoms with Crippen LogP contribution in [0.2, 0.25) is 0 Å². The Bertz CT molecular complexity index is 581. The summed E-state index contributed by atoms with van der Waals surface area (Å²) < 4.78 is 16.1. The predicted molar refractivity (Wildman–Crippen MR) is 78.4 cm³/mol. The van der Waals surface area contributed by atoms with Crippen molar-refractivity contribution in [1.29, 1.82) is 0 Å². The number of aromatic nitrogens is 2. The fraction of sp³-hybridized carbons (Fsp3) is 0.467. The first-order chi connectivity index (χ1) is 10.1. The molecule has 2 rings (SSSR count). The number of benzene rings is 1. The summed E-state index contributed by atoms with van der Waals surface area (Å²) in [5.41, 5.74) is 6.88. The van der Waals surface area contributed by atoms with Gasteiger partial charge in [-0.25, -0.2) is 0 Å². The van der Waals surface area contributed by atoms with Crippen molar-refractivity contribution < 1.29 is 14.0 Å². The van der Waals surface area contributed by atoms with Crippen LogP contribution in [0.5, 0.6) is 11.5 Å². The lowest BCUT2D eigenvalue weighted by Gasteiger charge is -2.13. The summed E-state index contributed by atoms with van der Waals surface area (Å²) in [5, 5.41) is 3.87. The summed E-state index contributed by atoms with van der Waals surface area (Å²) in [6.45, 7) is 4.18. The number of rotatable bonds is 7.